The first kappa shape index (κ1) is 22.9. The van der Waals surface area contributed by atoms with Crippen LogP contribution in [0.4, 0.5) is 0 Å². The second-order valence-corrected chi connectivity index (χ2v) is 14.3. The summed E-state index contributed by atoms with van der Waals surface area (Å²) in [4.78, 5) is 13.7. The largest absolute Gasteiger partial charge is 0.481 e. The number of nitrogens with zero attached hydrogens (tertiary/aromatic N) is 3. The van der Waals surface area contributed by atoms with Crippen molar-refractivity contribution in [2.45, 2.75) is 71.5 Å². The molecule has 6 heteroatoms. The molecule has 0 aliphatic heterocycles. The molecule has 3 aromatic heterocycles. The molecule has 158 valence electrons. The van der Waals surface area contributed by atoms with Crippen molar-refractivity contribution in [3.05, 3.63) is 49.2 Å². The van der Waals surface area contributed by atoms with Crippen LogP contribution in [-0.2, 0) is 4.79 Å². The Morgan fingerprint density at radius 3 is 2.03 bits per heavy atom. The molecule has 1 N–H and O–H groups in total. The van der Waals surface area contributed by atoms with Crippen LogP contribution in [0.25, 0.3) is 16.8 Å². The van der Waals surface area contributed by atoms with Gasteiger partial charge in [0.1, 0.15) is 5.65 Å². The quantitative estimate of drug-likeness (QED) is 0.482. The highest BCUT2D eigenvalue weighted by Gasteiger charge is 2.44. The number of carboxylic acids is 1. The topological polar surface area (TPSA) is 59.5 Å². The number of imidazole rings is 1. The Morgan fingerprint density at radius 1 is 0.966 bits per heavy atom. The Balaban J connectivity index is 0.000000537. The first-order valence-electron chi connectivity index (χ1n) is 10.5. The highest BCUT2D eigenvalue weighted by molar-refractivity contribution is 6.82. The van der Waals surface area contributed by atoms with Gasteiger partial charge in [-0.15, -0.1) is 0 Å². The van der Waals surface area contributed by atoms with Crippen molar-refractivity contribution in [2.75, 3.05) is 0 Å². The SMILES string of the molecule is CC(C)[Si](C(C)C)(C(C)C)n1ccc(-c2ccc3nccn3c2)c1.CCC(=O)O. The molecule has 0 aromatic carbocycles. The van der Waals surface area contributed by atoms with Crippen LogP contribution in [0.1, 0.15) is 54.9 Å². The second-order valence-electron chi connectivity index (χ2n) is 8.52. The van der Waals surface area contributed by atoms with E-state index in [4.69, 9.17) is 5.11 Å². The van der Waals surface area contributed by atoms with E-state index in [1.54, 1.807) is 6.92 Å². The van der Waals surface area contributed by atoms with Gasteiger partial charge in [0.05, 0.1) is 0 Å². The molecule has 0 atom stereocenters. The molecule has 3 rings (SSSR count). The third kappa shape index (κ3) is 4.64. The molecular formula is C23H35N3O2Si. The van der Waals surface area contributed by atoms with Gasteiger partial charge in [0.2, 0.25) is 0 Å². The predicted octanol–water partition coefficient (Wildman–Crippen LogP) is 6.31. The standard InChI is InChI=1S/C20H29N3Si.C3H6O2/c1-15(2)24(16(3)4,17(5)6)23-11-9-19(14-23)18-7-8-20-21-10-12-22(20)13-18;1-2-3(4)5/h7-17H,1-6H3;2H2,1H3,(H,4,5). The van der Waals surface area contributed by atoms with Crippen molar-refractivity contribution >= 4 is 19.9 Å². The van der Waals surface area contributed by atoms with Gasteiger partial charge in [-0.25, -0.2) is 4.98 Å². The lowest BCUT2D eigenvalue weighted by molar-refractivity contribution is -0.136. The number of aromatic nitrogens is 3. The van der Waals surface area contributed by atoms with Crippen LogP contribution in [0.15, 0.2) is 49.2 Å². The van der Waals surface area contributed by atoms with E-state index in [0.717, 1.165) is 5.65 Å². The van der Waals surface area contributed by atoms with E-state index in [1.807, 2.05) is 12.4 Å². The molecule has 0 saturated carbocycles. The molecule has 0 radical (unpaired) electrons. The molecule has 0 saturated heterocycles. The Kier molecular flexibility index (Phi) is 7.46. The molecule has 3 aromatic rings. The Labute approximate surface area is 175 Å². The lowest BCUT2D eigenvalue weighted by Gasteiger charge is -2.44. The van der Waals surface area contributed by atoms with E-state index >= 15 is 0 Å². The molecule has 0 bridgehead atoms. The first-order valence-corrected chi connectivity index (χ1v) is 12.7. The number of rotatable bonds is 6. The van der Waals surface area contributed by atoms with E-state index in [2.05, 4.69) is 91.9 Å². The van der Waals surface area contributed by atoms with Gasteiger partial charge in [-0.2, -0.15) is 0 Å². The van der Waals surface area contributed by atoms with Crippen molar-refractivity contribution in [2.24, 2.45) is 0 Å². The molecule has 0 unspecified atom stereocenters. The minimum Gasteiger partial charge on any atom is -0.481 e. The number of hydrogen-bond acceptors (Lipinski definition) is 2. The van der Waals surface area contributed by atoms with Crippen LogP contribution >= 0.6 is 0 Å². The summed E-state index contributed by atoms with van der Waals surface area (Å²) >= 11 is 0. The minimum absolute atomic E-state index is 0.222. The third-order valence-corrected chi connectivity index (χ3v) is 12.7. The van der Waals surface area contributed by atoms with Gasteiger partial charge in [0.25, 0.3) is 0 Å². The highest BCUT2D eigenvalue weighted by atomic mass is 28.3. The van der Waals surface area contributed by atoms with Gasteiger partial charge in [-0.3, -0.25) is 4.79 Å². The van der Waals surface area contributed by atoms with Crippen LogP contribution in [-0.4, -0.2) is 32.9 Å². The zero-order chi connectivity index (χ0) is 21.8. The summed E-state index contributed by atoms with van der Waals surface area (Å²) in [6.07, 6.45) is 10.9. The number of pyridine rings is 1. The fraction of sp³-hybridized carbons (Fsp3) is 0.478. The van der Waals surface area contributed by atoms with Gasteiger partial charge < -0.3 is 13.7 Å². The average molecular weight is 414 g/mol. The van der Waals surface area contributed by atoms with E-state index in [1.165, 1.54) is 11.1 Å². The fourth-order valence-corrected chi connectivity index (χ4v) is 11.3. The molecule has 0 fully saturated rings. The van der Waals surface area contributed by atoms with Crippen molar-refractivity contribution < 1.29 is 9.90 Å². The molecule has 5 nitrogen and oxygen atoms in total. The zero-order valence-corrected chi connectivity index (χ0v) is 19.8. The summed E-state index contributed by atoms with van der Waals surface area (Å²) < 4.78 is 4.69. The van der Waals surface area contributed by atoms with Gasteiger partial charge in [0.15, 0.2) is 8.24 Å². The third-order valence-electron chi connectivity index (χ3n) is 5.94. The Morgan fingerprint density at radius 2 is 1.52 bits per heavy atom. The normalized spacial score (nSPS) is 11.9. The lowest BCUT2D eigenvalue weighted by Crippen LogP contribution is -2.51. The zero-order valence-electron chi connectivity index (χ0n) is 18.8. The molecule has 3 heterocycles. The molecule has 0 aliphatic rings. The van der Waals surface area contributed by atoms with Crippen LogP contribution in [0.2, 0.25) is 16.6 Å². The van der Waals surface area contributed by atoms with Crippen LogP contribution in [0, 0.1) is 0 Å². The predicted molar refractivity (Wildman–Crippen MR) is 123 cm³/mol. The van der Waals surface area contributed by atoms with Crippen LogP contribution in [0.5, 0.6) is 0 Å². The van der Waals surface area contributed by atoms with Crippen molar-refractivity contribution in [1.29, 1.82) is 0 Å². The second kappa shape index (κ2) is 9.44. The summed E-state index contributed by atoms with van der Waals surface area (Å²) in [6.45, 7) is 16.0. The lowest BCUT2D eigenvalue weighted by atomic mass is 10.1. The monoisotopic (exact) mass is 413 g/mol. The van der Waals surface area contributed by atoms with Crippen molar-refractivity contribution in [3.8, 4) is 11.1 Å². The molecule has 0 aliphatic carbocycles. The summed E-state index contributed by atoms with van der Waals surface area (Å²) in [6, 6.07) is 6.53. The van der Waals surface area contributed by atoms with E-state index in [9.17, 15) is 4.79 Å². The maximum absolute atomic E-state index is 9.37. The Bertz CT molecular complexity index is 919. The number of hydrogen-bond donors (Lipinski definition) is 1. The molecule has 29 heavy (non-hydrogen) atoms. The molecular weight excluding hydrogens is 378 g/mol. The average Bonchev–Trinajstić information content (AvgIpc) is 3.30. The van der Waals surface area contributed by atoms with Gasteiger partial charge >= 0.3 is 5.97 Å². The van der Waals surface area contributed by atoms with E-state index in [-0.39, 0.29) is 6.42 Å². The van der Waals surface area contributed by atoms with Crippen LogP contribution in [0.3, 0.4) is 0 Å². The van der Waals surface area contributed by atoms with Crippen molar-refractivity contribution in [3.63, 3.8) is 0 Å². The number of fused-ring (bicyclic) bond motifs is 1. The smallest absolute Gasteiger partial charge is 0.303 e. The Hall–Kier alpha value is -2.34. The highest BCUT2D eigenvalue weighted by Crippen LogP contribution is 2.43. The molecule has 0 spiro atoms. The molecule has 0 amide bonds. The van der Waals surface area contributed by atoms with Gasteiger partial charge in [-0.1, -0.05) is 48.5 Å². The number of aliphatic carboxylic acids is 1. The first-order chi connectivity index (χ1) is 13.6. The van der Waals surface area contributed by atoms with E-state index in [0.29, 0.717) is 16.6 Å². The maximum Gasteiger partial charge on any atom is 0.303 e. The number of carboxylic acid groups (broad SMARTS) is 1. The van der Waals surface area contributed by atoms with Gasteiger partial charge in [-0.05, 0) is 52.1 Å². The summed E-state index contributed by atoms with van der Waals surface area (Å²) in [5.74, 6) is -0.745. The summed E-state index contributed by atoms with van der Waals surface area (Å²) in [5, 5.41) is 7.72. The van der Waals surface area contributed by atoms with Gasteiger partial charge in [0, 0.05) is 31.2 Å². The summed E-state index contributed by atoms with van der Waals surface area (Å²) in [7, 11) is -1.66. The number of carbonyl (C=O) groups is 1. The summed E-state index contributed by atoms with van der Waals surface area (Å²) in [5.41, 5.74) is 5.65. The minimum atomic E-state index is -1.66. The van der Waals surface area contributed by atoms with Crippen molar-refractivity contribution in [1.82, 2.24) is 13.6 Å². The maximum atomic E-state index is 9.37. The van der Waals surface area contributed by atoms with Crippen LogP contribution < -0.4 is 0 Å². The van der Waals surface area contributed by atoms with E-state index < -0.39 is 14.2 Å². The fourth-order valence-electron chi connectivity index (χ4n) is 4.79.